The molecule has 0 heterocycles. The van der Waals surface area contributed by atoms with Crippen LogP contribution in [0.25, 0.3) is 0 Å². The minimum Gasteiger partial charge on any atom is -0.379 e. The summed E-state index contributed by atoms with van der Waals surface area (Å²) in [5.74, 6) is 0.779. The monoisotopic (exact) mass is 355 g/mol. The normalized spacial score (nSPS) is 13.9. The maximum atomic E-state index is 5.54. The van der Waals surface area contributed by atoms with Crippen LogP contribution in [0.15, 0.2) is 33.7 Å². The molecule has 0 fully saturated rings. The predicted octanol–water partition coefficient (Wildman–Crippen LogP) is 3.18. The van der Waals surface area contributed by atoms with Gasteiger partial charge in [0.25, 0.3) is 0 Å². The third-order valence-corrected chi connectivity index (χ3v) is 3.77. The highest BCUT2D eigenvalue weighted by Gasteiger charge is 2.24. The lowest BCUT2D eigenvalue weighted by Crippen LogP contribution is -2.45. The van der Waals surface area contributed by atoms with E-state index >= 15 is 0 Å². The van der Waals surface area contributed by atoms with Crippen LogP contribution in [-0.4, -0.2) is 32.8 Å². The number of guanidine groups is 1. The van der Waals surface area contributed by atoms with E-state index in [2.05, 4.69) is 64.5 Å². The third-order valence-electron chi connectivity index (χ3n) is 3.28. The van der Waals surface area contributed by atoms with Crippen molar-refractivity contribution in [3.05, 3.63) is 34.3 Å². The SMILES string of the molecule is CN=C(NCc1cccc(Br)c1)NCC(OC)C(C)(C)C. The zero-order chi connectivity index (χ0) is 15.9. The molecule has 0 aliphatic carbocycles. The molecule has 0 amide bonds. The molecule has 0 aliphatic heterocycles. The predicted molar refractivity (Wildman–Crippen MR) is 92.6 cm³/mol. The molecular weight excluding hydrogens is 330 g/mol. The Kier molecular flexibility index (Phi) is 7.18. The fourth-order valence-electron chi connectivity index (χ4n) is 1.99. The van der Waals surface area contributed by atoms with Crippen LogP contribution in [0.4, 0.5) is 0 Å². The summed E-state index contributed by atoms with van der Waals surface area (Å²) in [5, 5.41) is 6.62. The van der Waals surface area contributed by atoms with Gasteiger partial charge in [0.05, 0.1) is 6.10 Å². The highest BCUT2D eigenvalue weighted by molar-refractivity contribution is 9.10. The smallest absolute Gasteiger partial charge is 0.191 e. The summed E-state index contributed by atoms with van der Waals surface area (Å²) in [4.78, 5) is 4.24. The van der Waals surface area contributed by atoms with Crippen molar-refractivity contribution in [1.82, 2.24) is 10.6 Å². The fraction of sp³-hybridized carbons (Fsp3) is 0.562. The second kappa shape index (κ2) is 8.39. The Bertz CT molecular complexity index is 469. The molecule has 1 aromatic carbocycles. The van der Waals surface area contributed by atoms with Crippen molar-refractivity contribution in [2.45, 2.75) is 33.4 Å². The molecule has 118 valence electrons. The zero-order valence-corrected chi connectivity index (χ0v) is 15.1. The topological polar surface area (TPSA) is 45.7 Å². The van der Waals surface area contributed by atoms with Crippen molar-refractivity contribution in [3.8, 4) is 0 Å². The Morgan fingerprint density at radius 1 is 1.33 bits per heavy atom. The van der Waals surface area contributed by atoms with Crippen molar-refractivity contribution in [3.63, 3.8) is 0 Å². The van der Waals surface area contributed by atoms with Gasteiger partial charge >= 0.3 is 0 Å². The van der Waals surface area contributed by atoms with Gasteiger partial charge in [-0.1, -0.05) is 48.8 Å². The van der Waals surface area contributed by atoms with Gasteiger partial charge in [-0.05, 0) is 23.1 Å². The summed E-state index contributed by atoms with van der Waals surface area (Å²) >= 11 is 3.48. The number of nitrogens with zero attached hydrogens (tertiary/aromatic N) is 1. The molecular formula is C16H26BrN3O. The number of hydrogen-bond acceptors (Lipinski definition) is 2. The first-order valence-corrected chi connectivity index (χ1v) is 7.88. The molecule has 0 saturated heterocycles. The number of hydrogen-bond donors (Lipinski definition) is 2. The van der Waals surface area contributed by atoms with Crippen LogP contribution in [0.2, 0.25) is 0 Å². The summed E-state index contributed by atoms with van der Waals surface area (Å²) in [7, 11) is 3.52. The fourth-order valence-corrected chi connectivity index (χ4v) is 2.43. The lowest BCUT2D eigenvalue weighted by molar-refractivity contribution is 0.0205. The van der Waals surface area contributed by atoms with E-state index in [1.807, 2.05) is 12.1 Å². The van der Waals surface area contributed by atoms with E-state index in [-0.39, 0.29) is 11.5 Å². The summed E-state index contributed by atoms with van der Waals surface area (Å²) in [6.45, 7) is 7.95. The molecule has 1 aromatic rings. The Hall–Kier alpha value is -1.07. The standard InChI is InChI=1S/C16H26BrN3O/c1-16(2,3)14(21-5)11-20-15(18-4)19-10-12-7-6-8-13(17)9-12/h6-9,14H,10-11H2,1-5H3,(H2,18,19,20). The van der Waals surface area contributed by atoms with Crippen LogP contribution < -0.4 is 10.6 Å². The summed E-state index contributed by atoms with van der Waals surface area (Å²) in [5.41, 5.74) is 1.29. The molecule has 21 heavy (non-hydrogen) atoms. The van der Waals surface area contributed by atoms with Crippen molar-refractivity contribution in [1.29, 1.82) is 0 Å². The average molecular weight is 356 g/mol. The third kappa shape index (κ3) is 6.48. The molecule has 1 atom stereocenters. The Morgan fingerprint density at radius 2 is 2.05 bits per heavy atom. The molecule has 0 bridgehead atoms. The summed E-state index contributed by atoms with van der Waals surface area (Å²) in [6, 6.07) is 8.21. The van der Waals surface area contributed by atoms with Crippen molar-refractivity contribution in [2.75, 3.05) is 20.7 Å². The second-order valence-electron chi connectivity index (χ2n) is 6.03. The van der Waals surface area contributed by atoms with Crippen LogP contribution in [0.3, 0.4) is 0 Å². The first-order chi connectivity index (χ1) is 9.86. The first kappa shape index (κ1) is 18.0. The van der Waals surface area contributed by atoms with E-state index in [0.717, 1.165) is 23.5 Å². The van der Waals surface area contributed by atoms with E-state index < -0.39 is 0 Å². The number of benzene rings is 1. The largest absolute Gasteiger partial charge is 0.379 e. The van der Waals surface area contributed by atoms with E-state index in [4.69, 9.17) is 4.74 Å². The molecule has 4 nitrogen and oxygen atoms in total. The van der Waals surface area contributed by atoms with Crippen molar-refractivity contribution in [2.24, 2.45) is 10.4 Å². The minimum atomic E-state index is 0.0882. The van der Waals surface area contributed by atoms with Gasteiger partial charge in [0.2, 0.25) is 0 Å². The van der Waals surface area contributed by atoms with E-state index in [0.29, 0.717) is 0 Å². The Labute approximate surface area is 136 Å². The summed E-state index contributed by atoms with van der Waals surface area (Å²) < 4.78 is 6.62. The van der Waals surface area contributed by atoms with E-state index in [1.54, 1.807) is 14.2 Å². The zero-order valence-electron chi connectivity index (χ0n) is 13.5. The number of rotatable bonds is 5. The minimum absolute atomic E-state index is 0.0882. The number of methoxy groups -OCH3 is 1. The molecule has 0 aliphatic rings. The molecule has 2 N–H and O–H groups in total. The molecule has 0 spiro atoms. The van der Waals surface area contributed by atoms with Crippen molar-refractivity contribution >= 4 is 21.9 Å². The van der Waals surface area contributed by atoms with Gasteiger partial charge in [-0.3, -0.25) is 4.99 Å². The van der Waals surface area contributed by atoms with Crippen LogP contribution in [-0.2, 0) is 11.3 Å². The molecule has 0 saturated carbocycles. The number of nitrogens with one attached hydrogen (secondary N) is 2. The van der Waals surface area contributed by atoms with E-state index in [1.165, 1.54) is 5.56 Å². The highest BCUT2D eigenvalue weighted by Crippen LogP contribution is 2.20. The lowest BCUT2D eigenvalue weighted by Gasteiger charge is -2.30. The maximum Gasteiger partial charge on any atom is 0.191 e. The molecule has 5 heteroatoms. The Balaban J connectivity index is 2.49. The number of ether oxygens (including phenoxy) is 1. The Morgan fingerprint density at radius 3 is 2.57 bits per heavy atom. The second-order valence-corrected chi connectivity index (χ2v) is 6.94. The molecule has 1 rings (SSSR count). The van der Waals surface area contributed by atoms with Gasteiger partial charge in [0, 0.05) is 31.7 Å². The van der Waals surface area contributed by atoms with Gasteiger partial charge in [0.15, 0.2) is 5.96 Å². The van der Waals surface area contributed by atoms with Crippen LogP contribution in [0.5, 0.6) is 0 Å². The highest BCUT2D eigenvalue weighted by atomic mass is 79.9. The number of halogens is 1. The van der Waals surface area contributed by atoms with Crippen molar-refractivity contribution < 1.29 is 4.74 Å². The summed E-state index contributed by atoms with van der Waals surface area (Å²) in [6.07, 6.45) is 0.127. The van der Waals surface area contributed by atoms with Gasteiger partial charge in [-0.25, -0.2) is 0 Å². The molecule has 1 unspecified atom stereocenters. The van der Waals surface area contributed by atoms with Gasteiger partial charge < -0.3 is 15.4 Å². The quantitative estimate of drug-likeness (QED) is 0.629. The van der Waals surface area contributed by atoms with Crippen LogP contribution in [0.1, 0.15) is 26.3 Å². The van der Waals surface area contributed by atoms with Gasteiger partial charge in [0.1, 0.15) is 0 Å². The average Bonchev–Trinajstić information content (AvgIpc) is 2.41. The van der Waals surface area contributed by atoms with Crippen LogP contribution >= 0.6 is 15.9 Å². The van der Waals surface area contributed by atoms with Crippen LogP contribution in [0, 0.1) is 5.41 Å². The van der Waals surface area contributed by atoms with Gasteiger partial charge in [-0.2, -0.15) is 0 Å². The number of aliphatic imine (C=N–C) groups is 1. The maximum absolute atomic E-state index is 5.54. The molecule has 0 radical (unpaired) electrons. The molecule has 0 aromatic heterocycles. The van der Waals surface area contributed by atoms with E-state index in [9.17, 15) is 0 Å². The first-order valence-electron chi connectivity index (χ1n) is 7.08. The lowest BCUT2D eigenvalue weighted by atomic mass is 9.89. The van der Waals surface area contributed by atoms with Gasteiger partial charge in [-0.15, -0.1) is 0 Å².